The third kappa shape index (κ3) is 7.05. The Kier molecular flexibility index (Phi) is 7.56. The van der Waals surface area contributed by atoms with Crippen molar-refractivity contribution in [1.82, 2.24) is 0 Å². The number of carbonyl (C=O) groups excluding carboxylic acids is 1. The standard InChI is InChI=1S/C14H20O2S/c1-2-17-12-8-4-7-11-14(15)16-13-9-5-3-6-10-13/h3,5-6,9-10H,2,4,7-8,11-12H2,1H3. The molecule has 0 spiro atoms. The van der Waals surface area contributed by atoms with Gasteiger partial charge in [-0.2, -0.15) is 11.8 Å². The van der Waals surface area contributed by atoms with Crippen molar-refractivity contribution in [2.75, 3.05) is 11.5 Å². The van der Waals surface area contributed by atoms with E-state index in [9.17, 15) is 4.79 Å². The average Bonchev–Trinajstić information content (AvgIpc) is 2.35. The Morgan fingerprint density at radius 3 is 2.65 bits per heavy atom. The second kappa shape index (κ2) is 9.11. The van der Waals surface area contributed by atoms with Crippen LogP contribution in [-0.2, 0) is 4.79 Å². The topological polar surface area (TPSA) is 26.3 Å². The highest BCUT2D eigenvalue weighted by atomic mass is 32.2. The maximum atomic E-state index is 11.5. The molecule has 3 heteroatoms. The van der Waals surface area contributed by atoms with Crippen LogP contribution in [0.2, 0.25) is 0 Å². The first kappa shape index (κ1) is 14.1. The molecule has 0 atom stereocenters. The Morgan fingerprint density at radius 2 is 1.94 bits per heavy atom. The lowest BCUT2D eigenvalue weighted by Gasteiger charge is -2.03. The monoisotopic (exact) mass is 252 g/mol. The SMILES string of the molecule is CCSCCCCCC(=O)Oc1ccccc1. The van der Waals surface area contributed by atoms with Crippen LogP contribution >= 0.6 is 11.8 Å². The normalized spacial score (nSPS) is 10.2. The first-order valence-electron chi connectivity index (χ1n) is 6.16. The van der Waals surface area contributed by atoms with Crippen molar-refractivity contribution in [2.45, 2.75) is 32.6 Å². The highest BCUT2D eigenvalue weighted by molar-refractivity contribution is 7.99. The van der Waals surface area contributed by atoms with E-state index in [4.69, 9.17) is 4.74 Å². The van der Waals surface area contributed by atoms with Crippen molar-refractivity contribution >= 4 is 17.7 Å². The van der Waals surface area contributed by atoms with Gasteiger partial charge in [0.2, 0.25) is 0 Å². The van der Waals surface area contributed by atoms with Crippen molar-refractivity contribution in [3.8, 4) is 5.75 Å². The van der Waals surface area contributed by atoms with Crippen LogP contribution in [0.4, 0.5) is 0 Å². The quantitative estimate of drug-likeness (QED) is 0.399. The Morgan fingerprint density at radius 1 is 1.18 bits per heavy atom. The van der Waals surface area contributed by atoms with Gasteiger partial charge in [0.1, 0.15) is 5.75 Å². The molecule has 94 valence electrons. The lowest BCUT2D eigenvalue weighted by Crippen LogP contribution is -2.07. The maximum Gasteiger partial charge on any atom is 0.311 e. The van der Waals surface area contributed by atoms with Gasteiger partial charge in [-0.3, -0.25) is 4.79 Å². The van der Waals surface area contributed by atoms with E-state index in [-0.39, 0.29) is 5.97 Å². The summed E-state index contributed by atoms with van der Waals surface area (Å²) >= 11 is 1.95. The molecule has 17 heavy (non-hydrogen) atoms. The van der Waals surface area contributed by atoms with Crippen LogP contribution in [-0.4, -0.2) is 17.5 Å². The van der Waals surface area contributed by atoms with E-state index in [1.165, 1.54) is 17.9 Å². The highest BCUT2D eigenvalue weighted by Gasteiger charge is 2.03. The summed E-state index contributed by atoms with van der Waals surface area (Å²) in [5.74, 6) is 2.89. The van der Waals surface area contributed by atoms with E-state index in [0.717, 1.165) is 12.8 Å². The minimum Gasteiger partial charge on any atom is -0.427 e. The summed E-state index contributed by atoms with van der Waals surface area (Å²) < 4.78 is 5.20. The number of rotatable bonds is 8. The van der Waals surface area contributed by atoms with Crippen LogP contribution in [0.1, 0.15) is 32.6 Å². The first-order chi connectivity index (χ1) is 8.33. The summed E-state index contributed by atoms with van der Waals surface area (Å²) in [4.78, 5) is 11.5. The zero-order chi connectivity index (χ0) is 12.3. The van der Waals surface area contributed by atoms with Gasteiger partial charge < -0.3 is 4.74 Å². The van der Waals surface area contributed by atoms with Crippen molar-refractivity contribution in [3.05, 3.63) is 30.3 Å². The summed E-state index contributed by atoms with van der Waals surface area (Å²) in [6, 6.07) is 9.24. The molecule has 0 aliphatic rings. The Balaban J connectivity index is 2.06. The molecule has 1 rings (SSSR count). The fourth-order valence-electron chi connectivity index (χ4n) is 1.47. The molecule has 0 saturated heterocycles. The van der Waals surface area contributed by atoms with Gasteiger partial charge in [-0.25, -0.2) is 0 Å². The van der Waals surface area contributed by atoms with Gasteiger partial charge in [0.15, 0.2) is 0 Å². The molecule has 0 aromatic heterocycles. The number of carbonyl (C=O) groups is 1. The number of unbranched alkanes of at least 4 members (excludes halogenated alkanes) is 2. The van der Waals surface area contributed by atoms with Crippen LogP contribution in [0.3, 0.4) is 0 Å². The molecule has 2 nitrogen and oxygen atoms in total. The first-order valence-corrected chi connectivity index (χ1v) is 7.32. The van der Waals surface area contributed by atoms with Crippen molar-refractivity contribution in [3.63, 3.8) is 0 Å². The molecule has 0 N–H and O–H groups in total. The molecule has 0 radical (unpaired) electrons. The fourth-order valence-corrected chi connectivity index (χ4v) is 2.16. The molecule has 1 aromatic rings. The second-order valence-corrected chi connectivity index (χ2v) is 5.19. The summed E-state index contributed by atoms with van der Waals surface area (Å²) in [7, 11) is 0. The van der Waals surface area contributed by atoms with Gasteiger partial charge in [-0.05, 0) is 36.5 Å². The molecule has 0 bridgehead atoms. The van der Waals surface area contributed by atoms with Crippen LogP contribution in [0, 0.1) is 0 Å². The van der Waals surface area contributed by atoms with Crippen molar-refractivity contribution in [1.29, 1.82) is 0 Å². The molecule has 0 amide bonds. The third-order valence-electron chi connectivity index (χ3n) is 2.35. The fraction of sp³-hybridized carbons (Fsp3) is 0.500. The molecule has 0 aliphatic carbocycles. The van der Waals surface area contributed by atoms with E-state index >= 15 is 0 Å². The number of thioether (sulfide) groups is 1. The van der Waals surface area contributed by atoms with Crippen LogP contribution in [0.25, 0.3) is 0 Å². The Bertz CT molecular complexity index is 311. The Labute approximate surface area is 108 Å². The summed E-state index contributed by atoms with van der Waals surface area (Å²) in [6.45, 7) is 2.17. The molecule has 0 fully saturated rings. The Hall–Kier alpha value is -0.960. The largest absolute Gasteiger partial charge is 0.427 e. The van der Waals surface area contributed by atoms with Crippen LogP contribution in [0.15, 0.2) is 30.3 Å². The van der Waals surface area contributed by atoms with E-state index in [1.807, 2.05) is 30.0 Å². The van der Waals surface area contributed by atoms with Gasteiger partial charge in [0, 0.05) is 6.42 Å². The molecular weight excluding hydrogens is 232 g/mol. The van der Waals surface area contributed by atoms with Crippen LogP contribution in [0.5, 0.6) is 5.75 Å². The number of hydrogen-bond acceptors (Lipinski definition) is 3. The zero-order valence-electron chi connectivity index (χ0n) is 10.4. The van der Waals surface area contributed by atoms with Crippen LogP contribution < -0.4 is 4.74 Å². The van der Waals surface area contributed by atoms with E-state index in [1.54, 1.807) is 12.1 Å². The molecule has 0 unspecified atom stereocenters. The summed E-state index contributed by atoms with van der Waals surface area (Å²) in [6.07, 6.45) is 3.75. The summed E-state index contributed by atoms with van der Waals surface area (Å²) in [5, 5.41) is 0. The highest BCUT2D eigenvalue weighted by Crippen LogP contribution is 2.11. The number of ether oxygens (including phenoxy) is 1. The predicted octanol–water partition coefficient (Wildman–Crippen LogP) is 3.91. The lowest BCUT2D eigenvalue weighted by atomic mass is 10.2. The number of esters is 1. The maximum absolute atomic E-state index is 11.5. The number of hydrogen-bond donors (Lipinski definition) is 0. The van der Waals surface area contributed by atoms with Gasteiger partial charge in [0.25, 0.3) is 0 Å². The lowest BCUT2D eigenvalue weighted by molar-refractivity contribution is -0.134. The van der Waals surface area contributed by atoms with Gasteiger partial charge in [-0.15, -0.1) is 0 Å². The second-order valence-electron chi connectivity index (χ2n) is 3.79. The number of benzene rings is 1. The third-order valence-corrected chi connectivity index (χ3v) is 3.33. The smallest absolute Gasteiger partial charge is 0.311 e. The molecule has 0 heterocycles. The molecule has 0 aliphatic heterocycles. The molecular formula is C14H20O2S. The van der Waals surface area contributed by atoms with Gasteiger partial charge >= 0.3 is 5.97 Å². The predicted molar refractivity (Wildman–Crippen MR) is 73.5 cm³/mol. The van der Waals surface area contributed by atoms with Crippen molar-refractivity contribution in [2.24, 2.45) is 0 Å². The van der Waals surface area contributed by atoms with Gasteiger partial charge in [-0.1, -0.05) is 31.5 Å². The van der Waals surface area contributed by atoms with Crippen molar-refractivity contribution < 1.29 is 9.53 Å². The summed E-state index contributed by atoms with van der Waals surface area (Å²) in [5.41, 5.74) is 0. The zero-order valence-corrected chi connectivity index (χ0v) is 11.2. The average molecular weight is 252 g/mol. The van der Waals surface area contributed by atoms with E-state index in [2.05, 4.69) is 6.92 Å². The van der Waals surface area contributed by atoms with E-state index in [0.29, 0.717) is 12.2 Å². The molecule has 1 aromatic carbocycles. The van der Waals surface area contributed by atoms with Gasteiger partial charge in [0.05, 0.1) is 0 Å². The minimum absolute atomic E-state index is 0.126. The molecule has 0 saturated carbocycles. The number of para-hydroxylation sites is 1. The minimum atomic E-state index is -0.126. The van der Waals surface area contributed by atoms with E-state index < -0.39 is 0 Å².